The highest BCUT2D eigenvalue weighted by atomic mass is 16.5. The van der Waals surface area contributed by atoms with Crippen LogP contribution >= 0.6 is 0 Å². The molecule has 1 aromatic heterocycles. The molecule has 0 amide bonds. The van der Waals surface area contributed by atoms with Gasteiger partial charge in [0.25, 0.3) is 0 Å². The fourth-order valence-corrected chi connectivity index (χ4v) is 1.50. The lowest BCUT2D eigenvalue weighted by Crippen LogP contribution is -1.98. The Morgan fingerprint density at radius 3 is 2.65 bits per heavy atom. The summed E-state index contributed by atoms with van der Waals surface area (Å²) in [5, 5.41) is 17.6. The Kier molecular flexibility index (Phi) is 3.82. The summed E-state index contributed by atoms with van der Waals surface area (Å²) in [6, 6.07) is 9.55. The van der Waals surface area contributed by atoms with Crippen LogP contribution in [0.1, 0.15) is 15.9 Å². The highest BCUT2D eigenvalue weighted by Crippen LogP contribution is 2.31. The third kappa shape index (κ3) is 2.84. The van der Waals surface area contributed by atoms with Crippen LogP contribution in [0.5, 0.6) is 17.4 Å². The van der Waals surface area contributed by atoms with Crippen LogP contribution in [0, 0.1) is 11.3 Å². The molecule has 0 fully saturated rings. The van der Waals surface area contributed by atoms with Gasteiger partial charge in [-0.05, 0) is 18.2 Å². The molecule has 0 spiro atoms. The lowest BCUT2D eigenvalue weighted by molar-refractivity contribution is 0.0696. The lowest BCUT2D eigenvalue weighted by atomic mass is 10.2. The molecule has 100 valence electrons. The van der Waals surface area contributed by atoms with Crippen LogP contribution in [0.25, 0.3) is 0 Å². The molecule has 6 heteroatoms. The largest absolute Gasteiger partial charge is 0.493 e. The Morgan fingerprint density at radius 1 is 1.30 bits per heavy atom. The number of aromatic carboxylic acids is 1. The molecular weight excluding hydrogens is 260 g/mol. The van der Waals surface area contributed by atoms with Crippen molar-refractivity contribution in [1.29, 1.82) is 5.26 Å². The van der Waals surface area contributed by atoms with Gasteiger partial charge in [-0.1, -0.05) is 0 Å². The van der Waals surface area contributed by atoms with Gasteiger partial charge in [0, 0.05) is 18.3 Å². The number of carboxylic acids is 1. The quantitative estimate of drug-likeness (QED) is 0.917. The minimum atomic E-state index is -1.06. The van der Waals surface area contributed by atoms with Crippen molar-refractivity contribution < 1.29 is 19.4 Å². The van der Waals surface area contributed by atoms with E-state index in [0.29, 0.717) is 17.1 Å². The molecule has 0 aliphatic rings. The van der Waals surface area contributed by atoms with Crippen LogP contribution in [-0.2, 0) is 0 Å². The number of carboxylic acid groups (broad SMARTS) is 1. The van der Waals surface area contributed by atoms with E-state index in [-0.39, 0.29) is 11.4 Å². The molecule has 1 heterocycles. The normalized spacial score (nSPS) is 9.60. The van der Waals surface area contributed by atoms with E-state index in [2.05, 4.69) is 4.98 Å². The van der Waals surface area contributed by atoms with Crippen molar-refractivity contribution >= 4 is 5.97 Å². The third-order valence-electron chi connectivity index (χ3n) is 2.49. The van der Waals surface area contributed by atoms with Crippen molar-refractivity contribution in [2.45, 2.75) is 0 Å². The summed E-state index contributed by atoms with van der Waals surface area (Å²) in [5.41, 5.74) is 0.521. The van der Waals surface area contributed by atoms with Gasteiger partial charge in [-0.15, -0.1) is 0 Å². The molecule has 0 atom stereocenters. The summed E-state index contributed by atoms with van der Waals surface area (Å²) in [6.45, 7) is 0. The van der Waals surface area contributed by atoms with E-state index in [1.54, 1.807) is 18.2 Å². The molecule has 2 aromatic rings. The molecule has 20 heavy (non-hydrogen) atoms. The van der Waals surface area contributed by atoms with Crippen molar-refractivity contribution in [3.63, 3.8) is 0 Å². The van der Waals surface area contributed by atoms with Gasteiger partial charge < -0.3 is 14.6 Å². The predicted octanol–water partition coefficient (Wildman–Crippen LogP) is 2.45. The number of carbonyl (C=O) groups is 1. The zero-order valence-electron chi connectivity index (χ0n) is 10.5. The van der Waals surface area contributed by atoms with Crippen molar-refractivity contribution in [2.75, 3.05) is 7.11 Å². The molecule has 0 aliphatic heterocycles. The topological polar surface area (TPSA) is 92.4 Å². The van der Waals surface area contributed by atoms with Gasteiger partial charge in [0.15, 0.2) is 11.5 Å². The summed E-state index contributed by atoms with van der Waals surface area (Å²) in [4.78, 5) is 14.6. The van der Waals surface area contributed by atoms with E-state index in [9.17, 15) is 4.79 Å². The Labute approximate surface area is 114 Å². The maximum atomic E-state index is 10.7. The molecule has 1 aromatic carbocycles. The molecule has 0 radical (unpaired) electrons. The van der Waals surface area contributed by atoms with Crippen LogP contribution < -0.4 is 9.47 Å². The van der Waals surface area contributed by atoms with Crippen LogP contribution in [0.4, 0.5) is 0 Å². The number of aromatic nitrogens is 1. The van der Waals surface area contributed by atoms with Gasteiger partial charge >= 0.3 is 5.97 Å². The molecule has 1 N–H and O–H groups in total. The van der Waals surface area contributed by atoms with Gasteiger partial charge in [-0.25, -0.2) is 9.78 Å². The molecule has 2 rings (SSSR count). The number of pyridine rings is 1. The fourth-order valence-electron chi connectivity index (χ4n) is 1.50. The molecular formula is C14H10N2O4. The summed E-state index contributed by atoms with van der Waals surface area (Å²) < 4.78 is 10.6. The summed E-state index contributed by atoms with van der Waals surface area (Å²) in [6.07, 6.45) is 1.20. The first-order chi connectivity index (χ1) is 9.63. The van der Waals surface area contributed by atoms with Crippen molar-refractivity contribution in [1.82, 2.24) is 4.98 Å². The maximum absolute atomic E-state index is 10.7. The number of hydrogen-bond donors (Lipinski definition) is 1. The first-order valence-corrected chi connectivity index (χ1v) is 5.59. The lowest BCUT2D eigenvalue weighted by Gasteiger charge is -2.09. The van der Waals surface area contributed by atoms with Crippen molar-refractivity contribution in [2.24, 2.45) is 0 Å². The van der Waals surface area contributed by atoms with Gasteiger partial charge in [0.05, 0.1) is 24.3 Å². The van der Waals surface area contributed by atoms with Crippen LogP contribution in [0.3, 0.4) is 0 Å². The summed E-state index contributed by atoms with van der Waals surface area (Å²) >= 11 is 0. The fraction of sp³-hybridized carbons (Fsp3) is 0.0714. The van der Waals surface area contributed by atoms with Gasteiger partial charge in [-0.2, -0.15) is 5.26 Å². The molecule has 0 bridgehead atoms. The van der Waals surface area contributed by atoms with Gasteiger partial charge in [-0.3, -0.25) is 0 Å². The number of benzene rings is 1. The van der Waals surface area contributed by atoms with E-state index in [0.717, 1.165) is 0 Å². The predicted molar refractivity (Wildman–Crippen MR) is 69.0 cm³/mol. The first kappa shape index (κ1) is 13.4. The average Bonchev–Trinajstić information content (AvgIpc) is 2.48. The Bertz CT molecular complexity index is 675. The standard InChI is InChI=1S/C14H10N2O4/c1-19-12-6-9(7-15)2-4-11(12)20-13-5-3-10(8-16-13)14(17)18/h2-6,8H,1H3,(H,17,18). The van der Waals surface area contributed by atoms with Crippen LogP contribution in [-0.4, -0.2) is 23.2 Å². The molecule has 0 saturated heterocycles. The zero-order valence-corrected chi connectivity index (χ0v) is 10.5. The number of nitrogens with zero attached hydrogens (tertiary/aromatic N) is 2. The number of nitriles is 1. The van der Waals surface area contributed by atoms with Gasteiger partial charge in [0.1, 0.15) is 0 Å². The average molecular weight is 270 g/mol. The SMILES string of the molecule is COc1cc(C#N)ccc1Oc1ccc(C(=O)O)cn1. The third-order valence-corrected chi connectivity index (χ3v) is 2.49. The molecule has 6 nitrogen and oxygen atoms in total. The summed E-state index contributed by atoms with van der Waals surface area (Å²) in [7, 11) is 1.46. The van der Waals surface area contributed by atoms with E-state index < -0.39 is 5.97 Å². The number of hydrogen-bond acceptors (Lipinski definition) is 5. The first-order valence-electron chi connectivity index (χ1n) is 5.59. The zero-order chi connectivity index (χ0) is 14.5. The Morgan fingerprint density at radius 2 is 2.10 bits per heavy atom. The Balaban J connectivity index is 2.25. The molecule has 0 aliphatic carbocycles. The monoisotopic (exact) mass is 270 g/mol. The van der Waals surface area contributed by atoms with Crippen LogP contribution in [0.15, 0.2) is 36.5 Å². The summed E-state index contributed by atoms with van der Waals surface area (Å²) in [5.74, 6) is -0.0340. The minimum Gasteiger partial charge on any atom is -0.493 e. The second-order valence-corrected chi connectivity index (χ2v) is 3.77. The second-order valence-electron chi connectivity index (χ2n) is 3.77. The van der Waals surface area contributed by atoms with Crippen molar-refractivity contribution in [3.05, 3.63) is 47.7 Å². The number of methoxy groups -OCH3 is 1. The smallest absolute Gasteiger partial charge is 0.337 e. The van der Waals surface area contributed by atoms with E-state index >= 15 is 0 Å². The highest BCUT2D eigenvalue weighted by molar-refractivity contribution is 5.87. The Hall–Kier alpha value is -3.07. The van der Waals surface area contributed by atoms with Gasteiger partial charge in [0.2, 0.25) is 5.88 Å². The van der Waals surface area contributed by atoms with Crippen molar-refractivity contribution in [3.8, 4) is 23.4 Å². The van der Waals surface area contributed by atoms with Crippen LogP contribution in [0.2, 0.25) is 0 Å². The van der Waals surface area contributed by atoms with E-state index in [4.69, 9.17) is 19.8 Å². The molecule has 0 saturated carbocycles. The second kappa shape index (κ2) is 5.71. The number of ether oxygens (including phenoxy) is 2. The molecule has 0 unspecified atom stereocenters. The maximum Gasteiger partial charge on any atom is 0.337 e. The van der Waals surface area contributed by atoms with E-state index in [1.807, 2.05) is 6.07 Å². The van der Waals surface area contributed by atoms with E-state index in [1.165, 1.54) is 25.4 Å². The number of rotatable bonds is 4. The minimum absolute atomic E-state index is 0.0733. The highest BCUT2D eigenvalue weighted by Gasteiger charge is 2.09.